The molecule has 3 atom stereocenters. The number of benzene rings is 3. The Bertz CT molecular complexity index is 1630. The van der Waals surface area contributed by atoms with Gasteiger partial charge >= 0.3 is 11.9 Å². The molecule has 0 radical (unpaired) electrons. The quantitative estimate of drug-likeness (QED) is 0.0725. The van der Waals surface area contributed by atoms with Gasteiger partial charge in [0.15, 0.2) is 12.4 Å². The highest BCUT2D eigenvalue weighted by atomic mass is 16.6. The predicted molar refractivity (Wildman–Crippen MR) is 148 cm³/mol. The van der Waals surface area contributed by atoms with Crippen LogP contribution in [0.5, 0.6) is 5.75 Å². The minimum Gasteiger partial charge on any atom is -0.454 e. The molecule has 11 nitrogen and oxygen atoms in total. The zero-order valence-corrected chi connectivity index (χ0v) is 22.3. The van der Waals surface area contributed by atoms with E-state index in [2.05, 4.69) is 0 Å². The third-order valence-corrected chi connectivity index (χ3v) is 7.27. The molecule has 0 N–H and O–H groups in total. The number of ether oxygens (including phenoxy) is 2. The summed E-state index contributed by atoms with van der Waals surface area (Å²) in [6.45, 7) is 1.27. The topological polar surface area (TPSA) is 150 Å². The van der Waals surface area contributed by atoms with Gasteiger partial charge in [-0.25, -0.2) is 14.5 Å². The van der Waals surface area contributed by atoms with E-state index in [0.717, 1.165) is 4.90 Å². The van der Waals surface area contributed by atoms with Crippen molar-refractivity contribution in [3.63, 3.8) is 0 Å². The van der Waals surface area contributed by atoms with Gasteiger partial charge in [0, 0.05) is 17.7 Å². The number of nitro groups is 1. The van der Waals surface area contributed by atoms with E-state index in [1.165, 1.54) is 60.7 Å². The van der Waals surface area contributed by atoms with Crippen LogP contribution in [0.4, 0.5) is 11.4 Å². The Morgan fingerprint density at radius 2 is 1.57 bits per heavy atom. The molecule has 212 valence electrons. The van der Waals surface area contributed by atoms with Gasteiger partial charge in [-0.15, -0.1) is 0 Å². The average Bonchev–Trinajstić information content (AvgIpc) is 3.26. The number of anilines is 1. The SMILES string of the molecule is CC1C=CCC2C(=O)N(c3ccccc3C(=O)OCC(=O)c3ccc(OC(=O)c4ccc([N+](=O)[O-])cc4)cc3)C(=O)C12. The van der Waals surface area contributed by atoms with Crippen molar-refractivity contribution < 1.29 is 38.4 Å². The molecule has 11 heteroatoms. The van der Waals surface area contributed by atoms with Crippen LogP contribution in [-0.4, -0.2) is 41.1 Å². The maximum absolute atomic E-state index is 13.2. The van der Waals surface area contributed by atoms with Crippen molar-refractivity contribution in [3.8, 4) is 5.75 Å². The van der Waals surface area contributed by atoms with Gasteiger partial charge < -0.3 is 9.47 Å². The van der Waals surface area contributed by atoms with Crippen molar-refractivity contribution in [2.24, 2.45) is 17.8 Å². The van der Waals surface area contributed by atoms with Gasteiger partial charge in [-0.1, -0.05) is 31.2 Å². The Kier molecular flexibility index (Phi) is 7.74. The minimum absolute atomic E-state index is 0.0141. The first-order chi connectivity index (χ1) is 20.2. The number of imide groups is 1. The number of Topliss-reactive ketones (excluding diaryl/α,β-unsaturated/α-hetero) is 1. The number of ketones is 1. The highest BCUT2D eigenvalue weighted by molar-refractivity contribution is 6.24. The summed E-state index contributed by atoms with van der Waals surface area (Å²) in [5, 5.41) is 10.8. The number of rotatable bonds is 8. The van der Waals surface area contributed by atoms with Gasteiger partial charge in [0.2, 0.25) is 11.8 Å². The smallest absolute Gasteiger partial charge is 0.343 e. The number of carbonyl (C=O) groups excluding carboxylic acids is 5. The molecule has 0 spiro atoms. The standard InChI is InChI=1S/C31H24N2O9/c1-18-5-4-7-24-27(18)29(36)32(28(24)35)25-8-3-2-6-23(25)31(38)41-17-26(34)19-11-15-22(16-12-19)42-30(37)20-9-13-21(14-10-20)33(39)40/h2-6,8-16,18,24,27H,7,17H2,1H3. The molecule has 1 heterocycles. The van der Waals surface area contributed by atoms with Crippen LogP contribution in [0.1, 0.15) is 44.4 Å². The maximum Gasteiger partial charge on any atom is 0.343 e. The van der Waals surface area contributed by atoms with Crippen LogP contribution in [0.3, 0.4) is 0 Å². The van der Waals surface area contributed by atoms with E-state index in [1.807, 2.05) is 19.1 Å². The van der Waals surface area contributed by atoms with Gasteiger partial charge in [-0.2, -0.15) is 0 Å². The number of nitrogens with zero attached hydrogens (tertiary/aromatic N) is 2. The molecule has 42 heavy (non-hydrogen) atoms. The molecule has 3 aromatic rings. The molecule has 1 fully saturated rings. The first-order valence-electron chi connectivity index (χ1n) is 13.1. The Morgan fingerprint density at radius 1 is 0.905 bits per heavy atom. The van der Waals surface area contributed by atoms with Crippen LogP contribution in [0.25, 0.3) is 0 Å². The molecule has 0 bridgehead atoms. The molecular formula is C31H24N2O9. The van der Waals surface area contributed by atoms with E-state index < -0.39 is 41.1 Å². The van der Waals surface area contributed by atoms with Crippen LogP contribution in [0, 0.1) is 27.9 Å². The van der Waals surface area contributed by atoms with E-state index in [0.29, 0.717) is 6.42 Å². The number of esters is 2. The third kappa shape index (κ3) is 5.44. The molecule has 3 aromatic carbocycles. The van der Waals surface area contributed by atoms with Crippen molar-refractivity contribution in [1.82, 2.24) is 0 Å². The van der Waals surface area contributed by atoms with Crippen molar-refractivity contribution in [3.05, 3.63) is 112 Å². The summed E-state index contributed by atoms with van der Waals surface area (Å²) < 4.78 is 10.5. The highest BCUT2D eigenvalue weighted by Crippen LogP contribution is 2.41. The molecule has 1 saturated heterocycles. The average molecular weight is 569 g/mol. The van der Waals surface area contributed by atoms with Crippen LogP contribution in [-0.2, 0) is 14.3 Å². The monoisotopic (exact) mass is 568 g/mol. The molecule has 5 rings (SSSR count). The van der Waals surface area contributed by atoms with Gasteiger partial charge in [-0.3, -0.25) is 24.5 Å². The lowest BCUT2D eigenvalue weighted by molar-refractivity contribution is -0.384. The lowest BCUT2D eigenvalue weighted by Crippen LogP contribution is -2.33. The molecule has 1 aliphatic carbocycles. The second kappa shape index (κ2) is 11.6. The summed E-state index contributed by atoms with van der Waals surface area (Å²) in [5.74, 6) is -3.84. The zero-order valence-electron chi connectivity index (χ0n) is 22.3. The van der Waals surface area contributed by atoms with Crippen LogP contribution in [0.15, 0.2) is 84.9 Å². The fraction of sp³-hybridized carbons (Fsp3) is 0.194. The zero-order chi connectivity index (χ0) is 30.0. The summed E-state index contributed by atoms with van der Waals surface area (Å²) in [7, 11) is 0. The first-order valence-corrected chi connectivity index (χ1v) is 13.1. The summed E-state index contributed by atoms with van der Waals surface area (Å²) >= 11 is 0. The Hall–Kier alpha value is -5.45. The highest BCUT2D eigenvalue weighted by Gasteiger charge is 2.51. The largest absolute Gasteiger partial charge is 0.454 e. The van der Waals surface area contributed by atoms with Crippen LogP contribution < -0.4 is 9.64 Å². The number of nitro benzene ring substituents is 1. The first kappa shape index (κ1) is 28.1. The van der Waals surface area contributed by atoms with E-state index in [-0.39, 0.29) is 51.5 Å². The number of hydrogen-bond acceptors (Lipinski definition) is 9. The van der Waals surface area contributed by atoms with Crippen molar-refractivity contribution in [2.75, 3.05) is 11.5 Å². The van der Waals surface area contributed by atoms with Crippen molar-refractivity contribution >= 4 is 40.9 Å². The lowest BCUT2D eigenvalue weighted by Gasteiger charge is -2.22. The van der Waals surface area contributed by atoms with Gasteiger partial charge in [0.1, 0.15) is 5.75 Å². The Balaban J connectivity index is 1.21. The van der Waals surface area contributed by atoms with Crippen molar-refractivity contribution in [2.45, 2.75) is 13.3 Å². The number of amides is 2. The van der Waals surface area contributed by atoms with Crippen LogP contribution in [0.2, 0.25) is 0 Å². The van der Waals surface area contributed by atoms with E-state index in [1.54, 1.807) is 12.1 Å². The summed E-state index contributed by atoms with van der Waals surface area (Å²) in [6.07, 6.45) is 4.26. The molecule has 2 amide bonds. The number of allylic oxidation sites excluding steroid dienone is 2. The molecule has 2 aliphatic rings. The number of para-hydroxylation sites is 1. The second-order valence-electron chi connectivity index (χ2n) is 9.90. The Morgan fingerprint density at radius 3 is 2.24 bits per heavy atom. The van der Waals surface area contributed by atoms with Crippen molar-refractivity contribution in [1.29, 1.82) is 0 Å². The number of carbonyl (C=O) groups is 5. The molecule has 3 unspecified atom stereocenters. The molecule has 0 aromatic heterocycles. The summed E-state index contributed by atoms with van der Waals surface area (Å²) in [5.41, 5.74) is 0.226. The number of non-ortho nitro benzene ring substituents is 1. The molecule has 1 aliphatic heterocycles. The second-order valence-corrected chi connectivity index (χ2v) is 9.90. The third-order valence-electron chi connectivity index (χ3n) is 7.27. The number of hydrogen-bond donors (Lipinski definition) is 0. The van der Waals surface area contributed by atoms with E-state index in [9.17, 15) is 34.1 Å². The molecule has 0 saturated carbocycles. The summed E-state index contributed by atoms with van der Waals surface area (Å²) in [6, 6.07) is 16.6. The lowest BCUT2D eigenvalue weighted by atomic mass is 9.78. The number of fused-ring (bicyclic) bond motifs is 1. The fourth-order valence-corrected chi connectivity index (χ4v) is 5.11. The molecular weight excluding hydrogens is 544 g/mol. The normalized spacial score (nSPS) is 19.3. The Labute approximate surface area is 239 Å². The minimum atomic E-state index is -0.866. The fourth-order valence-electron chi connectivity index (χ4n) is 5.11. The van der Waals surface area contributed by atoms with Crippen LogP contribution >= 0.6 is 0 Å². The predicted octanol–water partition coefficient (Wildman–Crippen LogP) is 4.56. The van der Waals surface area contributed by atoms with Gasteiger partial charge in [-0.05, 0) is 60.9 Å². The van der Waals surface area contributed by atoms with E-state index in [4.69, 9.17) is 9.47 Å². The van der Waals surface area contributed by atoms with Gasteiger partial charge in [0.25, 0.3) is 5.69 Å². The maximum atomic E-state index is 13.2. The van der Waals surface area contributed by atoms with Gasteiger partial charge in [0.05, 0.1) is 33.6 Å². The summed E-state index contributed by atoms with van der Waals surface area (Å²) in [4.78, 5) is 75.6. The van der Waals surface area contributed by atoms with E-state index >= 15 is 0 Å².